The summed E-state index contributed by atoms with van der Waals surface area (Å²) in [5.41, 5.74) is 0.202. The fraction of sp³-hybridized carbons (Fsp3) is 0.857. The Bertz CT molecular complexity index is 356. The van der Waals surface area contributed by atoms with E-state index in [2.05, 4.69) is 26.1 Å². The van der Waals surface area contributed by atoms with Gasteiger partial charge in [0.1, 0.15) is 0 Å². The first kappa shape index (κ1) is 14.3. The molecule has 1 atom stereocenters. The van der Waals surface area contributed by atoms with Gasteiger partial charge >= 0.3 is 11.8 Å². The van der Waals surface area contributed by atoms with E-state index in [9.17, 15) is 9.59 Å². The predicted molar refractivity (Wildman–Crippen MR) is 73.6 cm³/mol. The molecule has 0 aliphatic carbocycles. The Morgan fingerprint density at radius 2 is 1.58 bits per heavy atom. The van der Waals surface area contributed by atoms with Crippen molar-refractivity contribution >= 4 is 11.8 Å². The predicted octanol–water partition coefficient (Wildman–Crippen LogP) is 0.313. The van der Waals surface area contributed by atoms with Crippen molar-refractivity contribution in [3.05, 3.63) is 0 Å². The van der Waals surface area contributed by atoms with E-state index in [0.29, 0.717) is 19.0 Å². The average Bonchev–Trinajstić information content (AvgIpc) is 2.87. The first-order valence-corrected chi connectivity index (χ1v) is 7.18. The molecule has 2 saturated heterocycles. The fourth-order valence-electron chi connectivity index (χ4n) is 2.79. The van der Waals surface area contributed by atoms with Crippen LogP contribution in [0.4, 0.5) is 0 Å². The van der Waals surface area contributed by atoms with E-state index >= 15 is 0 Å². The number of rotatable bonds is 0. The number of amides is 2. The third-order valence-corrected chi connectivity index (χ3v) is 4.29. The summed E-state index contributed by atoms with van der Waals surface area (Å²) in [5, 5.41) is 3.19. The molecule has 0 radical (unpaired) electrons. The molecule has 2 aliphatic heterocycles. The van der Waals surface area contributed by atoms with Crippen LogP contribution in [-0.4, -0.2) is 60.9 Å². The minimum Gasteiger partial charge on any atom is -0.334 e. The van der Waals surface area contributed by atoms with Gasteiger partial charge in [-0.2, -0.15) is 0 Å². The van der Waals surface area contributed by atoms with Crippen LogP contribution in [0.2, 0.25) is 0 Å². The molecular formula is C14H25N3O2. The Morgan fingerprint density at radius 1 is 1.00 bits per heavy atom. The highest BCUT2D eigenvalue weighted by atomic mass is 16.2. The van der Waals surface area contributed by atoms with E-state index in [0.717, 1.165) is 32.6 Å². The van der Waals surface area contributed by atoms with Crippen LogP contribution in [0.15, 0.2) is 0 Å². The number of hydrogen-bond acceptors (Lipinski definition) is 3. The monoisotopic (exact) mass is 267 g/mol. The molecule has 5 heteroatoms. The van der Waals surface area contributed by atoms with Gasteiger partial charge in [-0.3, -0.25) is 9.59 Å². The van der Waals surface area contributed by atoms with Crippen molar-refractivity contribution in [3.63, 3.8) is 0 Å². The quantitative estimate of drug-likeness (QED) is 0.643. The summed E-state index contributed by atoms with van der Waals surface area (Å²) in [5.74, 6) is -0.142. The van der Waals surface area contributed by atoms with Crippen molar-refractivity contribution in [2.45, 2.75) is 27.2 Å². The maximum Gasteiger partial charge on any atom is 0.312 e. The third kappa shape index (κ3) is 3.26. The lowest BCUT2D eigenvalue weighted by Crippen LogP contribution is -2.51. The Balaban J connectivity index is 1.92. The maximum absolute atomic E-state index is 12.2. The molecule has 0 aromatic rings. The van der Waals surface area contributed by atoms with Crippen LogP contribution in [0.25, 0.3) is 0 Å². The van der Waals surface area contributed by atoms with Gasteiger partial charge in [-0.05, 0) is 17.8 Å². The van der Waals surface area contributed by atoms with Gasteiger partial charge in [0.05, 0.1) is 0 Å². The number of nitrogens with one attached hydrogen (secondary N) is 1. The van der Waals surface area contributed by atoms with E-state index < -0.39 is 0 Å². The number of likely N-dealkylation sites (tertiary alicyclic amines) is 1. The van der Waals surface area contributed by atoms with Crippen molar-refractivity contribution in [2.24, 2.45) is 11.3 Å². The lowest BCUT2D eigenvalue weighted by Gasteiger charge is -2.29. The number of carbonyl (C=O) groups is 2. The number of piperazine rings is 1. The summed E-state index contributed by atoms with van der Waals surface area (Å²) in [6, 6.07) is 0. The Labute approximate surface area is 115 Å². The van der Waals surface area contributed by atoms with Crippen molar-refractivity contribution < 1.29 is 9.59 Å². The SMILES string of the molecule is CC(C)(C)C1CCN(C(=O)C(=O)N2CCNCC2)C1. The average molecular weight is 267 g/mol. The molecule has 1 unspecified atom stereocenters. The molecule has 19 heavy (non-hydrogen) atoms. The molecule has 108 valence electrons. The third-order valence-electron chi connectivity index (χ3n) is 4.29. The van der Waals surface area contributed by atoms with Gasteiger partial charge in [0.15, 0.2) is 0 Å². The first-order chi connectivity index (χ1) is 8.89. The zero-order valence-corrected chi connectivity index (χ0v) is 12.2. The second-order valence-corrected chi connectivity index (χ2v) is 6.64. The summed E-state index contributed by atoms with van der Waals surface area (Å²) < 4.78 is 0. The van der Waals surface area contributed by atoms with Gasteiger partial charge in [-0.25, -0.2) is 0 Å². The molecule has 2 amide bonds. The fourth-order valence-corrected chi connectivity index (χ4v) is 2.79. The van der Waals surface area contributed by atoms with Crippen molar-refractivity contribution in [1.82, 2.24) is 15.1 Å². The summed E-state index contributed by atoms with van der Waals surface area (Å²) in [7, 11) is 0. The number of nitrogens with zero attached hydrogens (tertiary/aromatic N) is 2. The molecule has 2 heterocycles. The topological polar surface area (TPSA) is 52.7 Å². The lowest BCUT2D eigenvalue weighted by molar-refractivity contribution is -0.151. The molecule has 2 rings (SSSR count). The molecule has 0 aromatic carbocycles. The molecule has 0 saturated carbocycles. The highest BCUT2D eigenvalue weighted by molar-refractivity contribution is 6.35. The summed E-state index contributed by atoms with van der Waals surface area (Å²) in [4.78, 5) is 27.8. The maximum atomic E-state index is 12.2. The molecule has 5 nitrogen and oxygen atoms in total. The van der Waals surface area contributed by atoms with Crippen LogP contribution in [0, 0.1) is 11.3 Å². The standard InChI is InChI=1S/C14H25N3O2/c1-14(2,3)11-4-7-17(10-11)13(19)12(18)16-8-5-15-6-9-16/h11,15H,4-10H2,1-3H3. The van der Waals surface area contributed by atoms with E-state index in [-0.39, 0.29) is 17.2 Å². The Morgan fingerprint density at radius 3 is 2.11 bits per heavy atom. The summed E-state index contributed by atoms with van der Waals surface area (Å²) in [6.07, 6.45) is 1.00. The minimum absolute atomic E-state index is 0.202. The minimum atomic E-state index is -0.323. The normalized spacial score (nSPS) is 24.7. The van der Waals surface area contributed by atoms with Crippen LogP contribution >= 0.6 is 0 Å². The second kappa shape index (κ2) is 5.49. The zero-order chi connectivity index (χ0) is 14.0. The molecule has 1 N–H and O–H groups in total. The van der Waals surface area contributed by atoms with E-state index in [1.165, 1.54) is 0 Å². The first-order valence-electron chi connectivity index (χ1n) is 7.18. The van der Waals surface area contributed by atoms with Crippen LogP contribution < -0.4 is 5.32 Å². The van der Waals surface area contributed by atoms with Gasteiger partial charge in [-0.15, -0.1) is 0 Å². The van der Waals surface area contributed by atoms with Crippen LogP contribution in [-0.2, 0) is 9.59 Å². The lowest BCUT2D eigenvalue weighted by atomic mass is 9.80. The van der Waals surface area contributed by atoms with E-state index in [4.69, 9.17) is 0 Å². The van der Waals surface area contributed by atoms with Crippen LogP contribution in [0.1, 0.15) is 27.2 Å². The highest BCUT2D eigenvalue weighted by Gasteiger charge is 2.37. The van der Waals surface area contributed by atoms with Crippen molar-refractivity contribution in [2.75, 3.05) is 39.3 Å². The molecule has 0 bridgehead atoms. The molecule has 0 aromatic heterocycles. The molecule has 2 fully saturated rings. The van der Waals surface area contributed by atoms with E-state index in [1.807, 2.05) is 0 Å². The van der Waals surface area contributed by atoms with Gasteiger partial charge < -0.3 is 15.1 Å². The number of carbonyl (C=O) groups excluding carboxylic acids is 2. The summed E-state index contributed by atoms with van der Waals surface area (Å²) in [6.45, 7) is 10.9. The second-order valence-electron chi connectivity index (χ2n) is 6.64. The Hall–Kier alpha value is -1.10. The zero-order valence-electron chi connectivity index (χ0n) is 12.2. The smallest absolute Gasteiger partial charge is 0.312 e. The number of hydrogen-bond donors (Lipinski definition) is 1. The molecular weight excluding hydrogens is 242 g/mol. The van der Waals surface area contributed by atoms with E-state index in [1.54, 1.807) is 9.80 Å². The van der Waals surface area contributed by atoms with Crippen LogP contribution in [0.3, 0.4) is 0 Å². The van der Waals surface area contributed by atoms with Crippen molar-refractivity contribution in [1.29, 1.82) is 0 Å². The Kier molecular flexibility index (Phi) is 4.13. The van der Waals surface area contributed by atoms with Gasteiger partial charge in [-0.1, -0.05) is 20.8 Å². The molecule has 2 aliphatic rings. The molecule has 0 spiro atoms. The highest BCUT2D eigenvalue weighted by Crippen LogP contribution is 2.33. The van der Waals surface area contributed by atoms with Gasteiger partial charge in [0.25, 0.3) is 0 Å². The summed E-state index contributed by atoms with van der Waals surface area (Å²) >= 11 is 0. The van der Waals surface area contributed by atoms with Crippen molar-refractivity contribution in [3.8, 4) is 0 Å². The van der Waals surface area contributed by atoms with Crippen LogP contribution in [0.5, 0.6) is 0 Å². The van der Waals surface area contributed by atoms with Gasteiger partial charge in [0, 0.05) is 39.3 Å². The largest absolute Gasteiger partial charge is 0.334 e. The van der Waals surface area contributed by atoms with Gasteiger partial charge in [0.2, 0.25) is 0 Å².